The van der Waals surface area contributed by atoms with Crippen LogP contribution in [0.2, 0.25) is 0 Å². The Morgan fingerprint density at radius 3 is 2.79 bits per heavy atom. The molecule has 0 spiro atoms. The number of hydrogen-bond acceptors (Lipinski definition) is 4. The van der Waals surface area contributed by atoms with Crippen LogP contribution in [-0.4, -0.2) is 61.8 Å². The Hall–Kier alpha value is -0.930. The molecule has 1 atom stereocenters. The van der Waals surface area contributed by atoms with Gasteiger partial charge in [-0.2, -0.15) is 0 Å². The van der Waals surface area contributed by atoms with Gasteiger partial charge in [0.2, 0.25) is 0 Å². The number of hydrogen-bond donors (Lipinski definition) is 2. The standard InChI is InChI=1S/C17H29N5O.HI/c1-3-18-17(21-13-16-6-4-5-7-19-16)20-12-15(2)14-22-8-10-23-11-9-22;/h4-7,15H,3,8-14H2,1-2H3,(H2,18,20,21);1H. The summed E-state index contributed by atoms with van der Waals surface area (Å²) in [6, 6.07) is 5.90. The van der Waals surface area contributed by atoms with Crippen LogP contribution in [-0.2, 0) is 11.3 Å². The molecule has 1 aliphatic heterocycles. The molecule has 2 N–H and O–H groups in total. The van der Waals surface area contributed by atoms with Gasteiger partial charge in [0.25, 0.3) is 0 Å². The molecule has 7 heteroatoms. The first kappa shape index (κ1) is 21.1. The molecular weight excluding hydrogens is 417 g/mol. The van der Waals surface area contributed by atoms with E-state index in [2.05, 4.69) is 39.4 Å². The normalized spacial score (nSPS) is 17.0. The van der Waals surface area contributed by atoms with Crippen molar-refractivity contribution in [2.24, 2.45) is 10.9 Å². The number of aromatic nitrogens is 1. The number of pyridine rings is 1. The molecular formula is C17H30IN5O. The second-order valence-electron chi connectivity index (χ2n) is 5.92. The minimum Gasteiger partial charge on any atom is -0.379 e. The molecule has 1 aliphatic rings. The molecule has 2 rings (SSSR count). The van der Waals surface area contributed by atoms with Gasteiger partial charge >= 0.3 is 0 Å². The maximum absolute atomic E-state index is 5.39. The summed E-state index contributed by atoms with van der Waals surface area (Å²) < 4.78 is 5.39. The van der Waals surface area contributed by atoms with Crippen LogP contribution >= 0.6 is 24.0 Å². The topological polar surface area (TPSA) is 61.8 Å². The summed E-state index contributed by atoms with van der Waals surface area (Å²) in [5, 5.41) is 6.72. The van der Waals surface area contributed by atoms with E-state index in [1.807, 2.05) is 18.2 Å². The van der Waals surface area contributed by atoms with Crippen molar-refractivity contribution >= 4 is 29.9 Å². The van der Waals surface area contributed by atoms with Crippen molar-refractivity contribution in [3.05, 3.63) is 30.1 Å². The van der Waals surface area contributed by atoms with Gasteiger partial charge in [-0.25, -0.2) is 4.99 Å². The fraction of sp³-hybridized carbons (Fsp3) is 0.647. The van der Waals surface area contributed by atoms with Crippen LogP contribution in [0.1, 0.15) is 19.5 Å². The summed E-state index contributed by atoms with van der Waals surface area (Å²) >= 11 is 0. The molecule has 24 heavy (non-hydrogen) atoms. The van der Waals surface area contributed by atoms with Crippen LogP contribution in [0, 0.1) is 5.92 Å². The molecule has 0 aromatic carbocycles. The lowest BCUT2D eigenvalue weighted by Gasteiger charge is -2.29. The Labute approximate surface area is 162 Å². The molecule has 2 heterocycles. The van der Waals surface area contributed by atoms with Crippen molar-refractivity contribution in [3.63, 3.8) is 0 Å². The van der Waals surface area contributed by atoms with Crippen molar-refractivity contribution in [2.75, 3.05) is 45.9 Å². The molecule has 0 amide bonds. The second kappa shape index (κ2) is 12.4. The van der Waals surface area contributed by atoms with Crippen molar-refractivity contribution in [1.29, 1.82) is 0 Å². The molecule has 1 fully saturated rings. The van der Waals surface area contributed by atoms with E-state index in [0.717, 1.165) is 57.6 Å². The summed E-state index contributed by atoms with van der Waals surface area (Å²) in [6.07, 6.45) is 1.80. The van der Waals surface area contributed by atoms with E-state index in [-0.39, 0.29) is 24.0 Å². The predicted octanol–water partition coefficient (Wildman–Crippen LogP) is 1.72. The lowest BCUT2D eigenvalue weighted by Crippen LogP contribution is -2.44. The van der Waals surface area contributed by atoms with Crippen LogP contribution in [0.5, 0.6) is 0 Å². The molecule has 1 unspecified atom stereocenters. The first-order chi connectivity index (χ1) is 11.3. The lowest BCUT2D eigenvalue weighted by molar-refractivity contribution is 0.0320. The Bertz CT molecular complexity index is 465. The predicted molar refractivity (Wildman–Crippen MR) is 109 cm³/mol. The maximum atomic E-state index is 5.39. The summed E-state index contributed by atoms with van der Waals surface area (Å²) in [6.45, 7) is 11.6. The monoisotopic (exact) mass is 447 g/mol. The largest absolute Gasteiger partial charge is 0.379 e. The SMILES string of the molecule is CCNC(=NCc1ccccn1)NCC(C)CN1CCOCC1.I. The second-order valence-corrected chi connectivity index (χ2v) is 5.92. The first-order valence-electron chi connectivity index (χ1n) is 8.50. The van der Waals surface area contributed by atoms with E-state index in [1.54, 1.807) is 6.20 Å². The van der Waals surface area contributed by atoms with Gasteiger partial charge in [0.1, 0.15) is 0 Å². The summed E-state index contributed by atoms with van der Waals surface area (Å²) in [5.41, 5.74) is 0.978. The number of guanidine groups is 1. The van der Waals surface area contributed by atoms with Crippen molar-refractivity contribution in [2.45, 2.75) is 20.4 Å². The number of halogens is 1. The smallest absolute Gasteiger partial charge is 0.191 e. The van der Waals surface area contributed by atoms with Gasteiger partial charge in [-0.05, 0) is 25.0 Å². The minimum absolute atomic E-state index is 0. The zero-order valence-electron chi connectivity index (χ0n) is 14.7. The quantitative estimate of drug-likeness (QED) is 0.379. The van der Waals surface area contributed by atoms with Crippen LogP contribution in [0.15, 0.2) is 29.4 Å². The number of nitrogens with one attached hydrogen (secondary N) is 2. The van der Waals surface area contributed by atoms with Crippen LogP contribution in [0.3, 0.4) is 0 Å². The molecule has 136 valence electrons. The summed E-state index contributed by atoms with van der Waals surface area (Å²) in [4.78, 5) is 11.4. The Balaban J connectivity index is 0.00000288. The zero-order valence-corrected chi connectivity index (χ0v) is 17.0. The molecule has 1 aromatic heterocycles. The van der Waals surface area contributed by atoms with Crippen LogP contribution in [0.4, 0.5) is 0 Å². The van der Waals surface area contributed by atoms with Crippen LogP contribution < -0.4 is 10.6 Å². The maximum Gasteiger partial charge on any atom is 0.191 e. The van der Waals surface area contributed by atoms with E-state index in [1.165, 1.54) is 0 Å². The van der Waals surface area contributed by atoms with Crippen molar-refractivity contribution in [3.8, 4) is 0 Å². The fourth-order valence-corrected chi connectivity index (χ4v) is 2.55. The minimum atomic E-state index is 0. The molecule has 1 aromatic rings. The summed E-state index contributed by atoms with van der Waals surface area (Å²) in [5.74, 6) is 1.42. The number of morpholine rings is 1. The highest BCUT2D eigenvalue weighted by molar-refractivity contribution is 14.0. The Morgan fingerprint density at radius 1 is 1.33 bits per heavy atom. The average Bonchev–Trinajstić information content (AvgIpc) is 2.59. The third-order valence-electron chi connectivity index (χ3n) is 3.76. The van der Waals surface area contributed by atoms with E-state index >= 15 is 0 Å². The molecule has 0 radical (unpaired) electrons. The Kier molecular flexibility index (Phi) is 10.9. The van der Waals surface area contributed by atoms with Gasteiger partial charge in [-0.1, -0.05) is 13.0 Å². The van der Waals surface area contributed by atoms with Crippen molar-refractivity contribution < 1.29 is 4.74 Å². The van der Waals surface area contributed by atoms with Gasteiger partial charge in [0, 0.05) is 38.9 Å². The zero-order chi connectivity index (χ0) is 16.3. The van der Waals surface area contributed by atoms with Crippen LogP contribution in [0.25, 0.3) is 0 Å². The highest BCUT2D eigenvalue weighted by atomic mass is 127. The number of ether oxygens (including phenoxy) is 1. The van der Waals surface area contributed by atoms with Crippen molar-refractivity contribution in [1.82, 2.24) is 20.5 Å². The lowest BCUT2D eigenvalue weighted by atomic mass is 10.1. The van der Waals surface area contributed by atoms with E-state index in [9.17, 15) is 0 Å². The molecule has 6 nitrogen and oxygen atoms in total. The fourth-order valence-electron chi connectivity index (χ4n) is 2.55. The van der Waals surface area contributed by atoms with E-state index in [0.29, 0.717) is 12.5 Å². The van der Waals surface area contributed by atoms with Gasteiger partial charge in [0.05, 0.1) is 25.5 Å². The first-order valence-corrected chi connectivity index (χ1v) is 8.50. The molecule has 0 saturated carbocycles. The molecule has 1 saturated heterocycles. The number of aliphatic imine (C=N–C) groups is 1. The van der Waals surface area contributed by atoms with Gasteiger partial charge in [-0.15, -0.1) is 24.0 Å². The highest BCUT2D eigenvalue weighted by Gasteiger charge is 2.13. The Morgan fingerprint density at radius 2 is 2.12 bits per heavy atom. The third kappa shape index (κ3) is 8.25. The number of nitrogens with zero attached hydrogens (tertiary/aromatic N) is 3. The molecule has 0 bridgehead atoms. The highest BCUT2D eigenvalue weighted by Crippen LogP contribution is 2.02. The van der Waals surface area contributed by atoms with E-state index < -0.39 is 0 Å². The average molecular weight is 447 g/mol. The molecule has 0 aliphatic carbocycles. The van der Waals surface area contributed by atoms with E-state index in [4.69, 9.17) is 4.74 Å². The van der Waals surface area contributed by atoms with Gasteiger partial charge in [0.15, 0.2) is 5.96 Å². The third-order valence-corrected chi connectivity index (χ3v) is 3.76. The van der Waals surface area contributed by atoms with Gasteiger partial charge < -0.3 is 15.4 Å². The number of rotatable bonds is 7. The van der Waals surface area contributed by atoms with Gasteiger partial charge in [-0.3, -0.25) is 9.88 Å². The summed E-state index contributed by atoms with van der Waals surface area (Å²) in [7, 11) is 0.